The molecule has 1 N–H and O–H groups in total. The van der Waals surface area contributed by atoms with Gasteiger partial charge in [0.05, 0.1) is 5.54 Å². The standard InChI is InChI=1S/C10H20N2O/c1-7-6-8(7)11-9(13)10(2,3)12(4)5/h7-8H,6H2,1-5H3,(H,11,13)/t7-,8-/m1/s1. The molecule has 0 aromatic carbocycles. The number of likely N-dealkylation sites (N-methyl/N-ethyl adjacent to an activating group) is 1. The van der Waals surface area contributed by atoms with Crippen LogP contribution in [-0.4, -0.2) is 36.5 Å². The van der Waals surface area contributed by atoms with E-state index >= 15 is 0 Å². The fourth-order valence-electron chi connectivity index (χ4n) is 1.07. The van der Waals surface area contributed by atoms with Crippen molar-refractivity contribution in [3.05, 3.63) is 0 Å². The van der Waals surface area contributed by atoms with Crippen molar-refractivity contribution in [2.24, 2.45) is 5.92 Å². The van der Waals surface area contributed by atoms with E-state index in [-0.39, 0.29) is 5.91 Å². The maximum absolute atomic E-state index is 11.7. The monoisotopic (exact) mass is 184 g/mol. The lowest BCUT2D eigenvalue weighted by Crippen LogP contribution is -2.52. The highest BCUT2D eigenvalue weighted by atomic mass is 16.2. The molecule has 0 aromatic rings. The van der Waals surface area contributed by atoms with Gasteiger partial charge in [-0.15, -0.1) is 0 Å². The van der Waals surface area contributed by atoms with Gasteiger partial charge in [0.1, 0.15) is 0 Å². The van der Waals surface area contributed by atoms with Crippen molar-refractivity contribution in [1.29, 1.82) is 0 Å². The Kier molecular flexibility index (Phi) is 2.66. The Morgan fingerprint density at radius 2 is 1.92 bits per heavy atom. The van der Waals surface area contributed by atoms with Gasteiger partial charge >= 0.3 is 0 Å². The largest absolute Gasteiger partial charge is 0.351 e. The third kappa shape index (κ3) is 2.21. The summed E-state index contributed by atoms with van der Waals surface area (Å²) in [5, 5.41) is 3.04. The second-order valence-electron chi connectivity index (χ2n) is 4.75. The summed E-state index contributed by atoms with van der Waals surface area (Å²) in [6, 6.07) is 0.423. The van der Waals surface area contributed by atoms with Gasteiger partial charge in [-0.05, 0) is 40.3 Å². The van der Waals surface area contributed by atoms with Crippen molar-refractivity contribution < 1.29 is 4.79 Å². The summed E-state index contributed by atoms with van der Waals surface area (Å²) in [5.74, 6) is 0.800. The summed E-state index contributed by atoms with van der Waals surface area (Å²) < 4.78 is 0. The molecular weight excluding hydrogens is 164 g/mol. The molecule has 0 aromatic heterocycles. The number of amides is 1. The van der Waals surface area contributed by atoms with Crippen LogP contribution in [0.25, 0.3) is 0 Å². The third-order valence-corrected chi connectivity index (χ3v) is 3.10. The van der Waals surface area contributed by atoms with Crippen molar-refractivity contribution in [2.45, 2.75) is 38.8 Å². The minimum atomic E-state index is -0.400. The smallest absolute Gasteiger partial charge is 0.240 e. The third-order valence-electron chi connectivity index (χ3n) is 3.10. The van der Waals surface area contributed by atoms with E-state index in [2.05, 4.69) is 12.2 Å². The topological polar surface area (TPSA) is 32.3 Å². The molecular formula is C10H20N2O. The second-order valence-corrected chi connectivity index (χ2v) is 4.75. The van der Waals surface area contributed by atoms with Gasteiger partial charge < -0.3 is 5.32 Å². The van der Waals surface area contributed by atoms with E-state index in [1.165, 1.54) is 0 Å². The lowest BCUT2D eigenvalue weighted by atomic mass is 10.0. The number of nitrogens with zero attached hydrogens (tertiary/aromatic N) is 1. The molecule has 76 valence electrons. The molecule has 1 amide bonds. The van der Waals surface area contributed by atoms with Gasteiger partial charge in [0.2, 0.25) is 5.91 Å². The molecule has 1 aliphatic rings. The molecule has 13 heavy (non-hydrogen) atoms. The van der Waals surface area contributed by atoms with Gasteiger partial charge in [-0.25, -0.2) is 0 Å². The van der Waals surface area contributed by atoms with Crippen LogP contribution >= 0.6 is 0 Å². The summed E-state index contributed by atoms with van der Waals surface area (Å²) in [4.78, 5) is 13.7. The molecule has 1 aliphatic carbocycles. The minimum absolute atomic E-state index is 0.131. The van der Waals surface area contributed by atoms with Gasteiger partial charge in [0, 0.05) is 6.04 Å². The fourth-order valence-corrected chi connectivity index (χ4v) is 1.07. The average Bonchev–Trinajstić information content (AvgIpc) is 2.65. The maximum Gasteiger partial charge on any atom is 0.240 e. The quantitative estimate of drug-likeness (QED) is 0.705. The zero-order valence-corrected chi connectivity index (χ0v) is 9.22. The first-order chi connectivity index (χ1) is 5.85. The van der Waals surface area contributed by atoms with E-state index in [0.717, 1.165) is 6.42 Å². The van der Waals surface area contributed by atoms with Gasteiger partial charge in [0.15, 0.2) is 0 Å². The molecule has 0 saturated heterocycles. The summed E-state index contributed by atoms with van der Waals surface area (Å²) in [7, 11) is 3.85. The van der Waals surface area contributed by atoms with Crippen LogP contribution in [0.15, 0.2) is 0 Å². The molecule has 0 radical (unpaired) electrons. The average molecular weight is 184 g/mol. The first-order valence-electron chi connectivity index (χ1n) is 4.84. The number of nitrogens with one attached hydrogen (secondary N) is 1. The number of carbonyl (C=O) groups excluding carboxylic acids is 1. The Morgan fingerprint density at radius 3 is 2.23 bits per heavy atom. The van der Waals surface area contributed by atoms with Crippen LogP contribution in [0.1, 0.15) is 27.2 Å². The van der Waals surface area contributed by atoms with Crippen LogP contribution in [0.3, 0.4) is 0 Å². The molecule has 0 bridgehead atoms. The normalized spacial score (nSPS) is 27.5. The second kappa shape index (κ2) is 3.29. The van der Waals surface area contributed by atoms with Crippen molar-refractivity contribution in [1.82, 2.24) is 10.2 Å². The summed E-state index contributed by atoms with van der Waals surface area (Å²) in [5.41, 5.74) is -0.400. The molecule has 0 unspecified atom stereocenters. The Labute approximate surface area is 80.5 Å². The summed E-state index contributed by atoms with van der Waals surface area (Å²) in [6.45, 7) is 6.04. The lowest BCUT2D eigenvalue weighted by Gasteiger charge is -2.30. The van der Waals surface area contributed by atoms with E-state index in [9.17, 15) is 4.79 Å². The van der Waals surface area contributed by atoms with Crippen molar-refractivity contribution in [3.63, 3.8) is 0 Å². The van der Waals surface area contributed by atoms with Crippen LogP contribution < -0.4 is 5.32 Å². The molecule has 1 saturated carbocycles. The summed E-state index contributed by atoms with van der Waals surface area (Å²) >= 11 is 0. The molecule has 0 spiro atoms. The highest BCUT2D eigenvalue weighted by Gasteiger charge is 2.38. The highest BCUT2D eigenvalue weighted by Crippen LogP contribution is 2.29. The highest BCUT2D eigenvalue weighted by molar-refractivity contribution is 5.85. The van der Waals surface area contributed by atoms with Crippen LogP contribution in [0.2, 0.25) is 0 Å². The van der Waals surface area contributed by atoms with E-state index in [1.807, 2.05) is 32.8 Å². The van der Waals surface area contributed by atoms with Gasteiger partial charge in [-0.1, -0.05) is 6.92 Å². The van der Waals surface area contributed by atoms with Crippen LogP contribution in [0.5, 0.6) is 0 Å². The Bertz CT molecular complexity index is 211. The van der Waals surface area contributed by atoms with E-state index in [4.69, 9.17) is 0 Å². The van der Waals surface area contributed by atoms with Gasteiger partial charge in [-0.2, -0.15) is 0 Å². The van der Waals surface area contributed by atoms with Crippen molar-refractivity contribution >= 4 is 5.91 Å². The number of carbonyl (C=O) groups is 1. The van der Waals surface area contributed by atoms with Gasteiger partial charge in [0.25, 0.3) is 0 Å². The molecule has 0 aliphatic heterocycles. The lowest BCUT2D eigenvalue weighted by molar-refractivity contribution is -0.130. The minimum Gasteiger partial charge on any atom is -0.351 e. The van der Waals surface area contributed by atoms with E-state index in [0.29, 0.717) is 12.0 Å². The first kappa shape index (κ1) is 10.5. The zero-order valence-electron chi connectivity index (χ0n) is 9.22. The molecule has 3 heteroatoms. The van der Waals surface area contributed by atoms with E-state index < -0.39 is 5.54 Å². The van der Waals surface area contributed by atoms with Crippen LogP contribution in [0.4, 0.5) is 0 Å². The number of hydrogen-bond acceptors (Lipinski definition) is 2. The molecule has 1 fully saturated rings. The Morgan fingerprint density at radius 1 is 1.46 bits per heavy atom. The predicted molar refractivity (Wildman–Crippen MR) is 53.5 cm³/mol. The molecule has 1 rings (SSSR count). The fraction of sp³-hybridized carbons (Fsp3) is 0.900. The maximum atomic E-state index is 11.7. The molecule has 2 atom stereocenters. The summed E-state index contributed by atoms with van der Waals surface area (Å²) in [6.07, 6.45) is 1.13. The zero-order chi connectivity index (χ0) is 10.2. The predicted octanol–water partition coefficient (Wildman–Crippen LogP) is 0.851. The molecule has 0 heterocycles. The Balaban J connectivity index is 2.46. The Hall–Kier alpha value is -0.570. The van der Waals surface area contributed by atoms with Crippen LogP contribution in [-0.2, 0) is 4.79 Å². The van der Waals surface area contributed by atoms with E-state index in [1.54, 1.807) is 0 Å². The SMILES string of the molecule is C[C@@H]1C[C@H]1NC(=O)C(C)(C)N(C)C. The van der Waals surface area contributed by atoms with Crippen molar-refractivity contribution in [2.75, 3.05) is 14.1 Å². The van der Waals surface area contributed by atoms with Crippen molar-refractivity contribution in [3.8, 4) is 0 Å². The molecule has 3 nitrogen and oxygen atoms in total. The van der Waals surface area contributed by atoms with Gasteiger partial charge in [-0.3, -0.25) is 9.69 Å². The number of hydrogen-bond donors (Lipinski definition) is 1. The number of rotatable bonds is 3. The first-order valence-corrected chi connectivity index (χ1v) is 4.84. The van der Waals surface area contributed by atoms with Crippen LogP contribution in [0, 0.1) is 5.92 Å².